The van der Waals surface area contributed by atoms with E-state index in [1.165, 1.54) is 12.1 Å². The molecule has 0 aliphatic carbocycles. The van der Waals surface area contributed by atoms with E-state index in [2.05, 4.69) is 10.5 Å². The van der Waals surface area contributed by atoms with Crippen LogP contribution in [0.3, 0.4) is 0 Å². The van der Waals surface area contributed by atoms with Gasteiger partial charge in [-0.2, -0.15) is 5.10 Å². The standard InChI is InChI=1S/C17H22N2O6/c1-3-24-15(20)10-6-9-14(17(23)25-4-2)19-18-13-8-5-7-12(11-13)16(21)22/h5,7-8,11,18H,3-4,6,9-10H2,1-2H3,(H,21,22)/b19-14+. The van der Waals surface area contributed by atoms with Crippen molar-refractivity contribution in [3.63, 3.8) is 0 Å². The van der Waals surface area contributed by atoms with E-state index in [9.17, 15) is 14.4 Å². The number of nitrogens with one attached hydrogen (secondary N) is 1. The fourth-order valence-corrected chi connectivity index (χ4v) is 1.91. The number of rotatable bonds is 10. The second-order valence-corrected chi connectivity index (χ2v) is 4.94. The van der Waals surface area contributed by atoms with Crippen molar-refractivity contribution in [1.29, 1.82) is 0 Å². The second-order valence-electron chi connectivity index (χ2n) is 4.94. The number of hydrogen-bond acceptors (Lipinski definition) is 7. The Balaban J connectivity index is 2.76. The van der Waals surface area contributed by atoms with E-state index in [-0.39, 0.29) is 36.7 Å². The van der Waals surface area contributed by atoms with Gasteiger partial charge < -0.3 is 14.6 Å². The summed E-state index contributed by atoms with van der Waals surface area (Å²) in [7, 11) is 0. The number of nitrogens with zero attached hydrogens (tertiary/aromatic N) is 1. The van der Waals surface area contributed by atoms with Crippen LogP contribution in [0.1, 0.15) is 43.5 Å². The molecule has 1 aromatic rings. The fraction of sp³-hybridized carbons (Fsp3) is 0.412. The van der Waals surface area contributed by atoms with Gasteiger partial charge in [0.25, 0.3) is 0 Å². The zero-order valence-corrected chi connectivity index (χ0v) is 14.3. The summed E-state index contributed by atoms with van der Waals surface area (Å²) >= 11 is 0. The maximum Gasteiger partial charge on any atom is 0.354 e. The molecule has 2 N–H and O–H groups in total. The number of carboxylic acids is 1. The molecule has 136 valence electrons. The van der Waals surface area contributed by atoms with Gasteiger partial charge in [-0.15, -0.1) is 0 Å². The number of aromatic carboxylic acids is 1. The lowest BCUT2D eigenvalue weighted by Crippen LogP contribution is -2.19. The van der Waals surface area contributed by atoms with Crippen molar-refractivity contribution in [1.82, 2.24) is 0 Å². The first-order valence-corrected chi connectivity index (χ1v) is 7.96. The van der Waals surface area contributed by atoms with Gasteiger partial charge in [0, 0.05) is 6.42 Å². The van der Waals surface area contributed by atoms with Gasteiger partial charge >= 0.3 is 17.9 Å². The van der Waals surface area contributed by atoms with E-state index in [0.717, 1.165) is 0 Å². The maximum atomic E-state index is 11.9. The summed E-state index contributed by atoms with van der Waals surface area (Å²) < 4.78 is 9.77. The van der Waals surface area contributed by atoms with Crippen molar-refractivity contribution in [2.24, 2.45) is 5.10 Å². The second kappa shape index (κ2) is 10.8. The highest BCUT2D eigenvalue weighted by Crippen LogP contribution is 2.11. The van der Waals surface area contributed by atoms with E-state index in [1.807, 2.05) is 0 Å². The minimum atomic E-state index is -1.06. The molecule has 0 aliphatic heterocycles. The predicted molar refractivity (Wildman–Crippen MR) is 91.6 cm³/mol. The van der Waals surface area contributed by atoms with Crippen LogP contribution in [-0.4, -0.2) is 41.9 Å². The quantitative estimate of drug-likeness (QED) is 0.378. The zero-order chi connectivity index (χ0) is 18.7. The molecule has 0 heterocycles. The highest BCUT2D eigenvalue weighted by atomic mass is 16.5. The van der Waals surface area contributed by atoms with Gasteiger partial charge in [-0.05, 0) is 44.9 Å². The monoisotopic (exact) mass is 350 g/mol. The van der Waals surface area contributed by atoms with Crippen LogP contribution in [0.4, 0.5) is 5.69 Å². The lowest BCUT2D eigenvalue weighted by molar-refractivity contribution is -0.143. The number of carbonyl (C=O) groups is 3. The fourth-order valence-electron chi connectivity index (χ4n) is 1.91. The molecule has 8 heteroatoms. The van der Waals surface area contributed by atoms with Crippen LogP contribution >= 0.6 is 0 Å². The van der Waals surface area contributed by atoms with Crippen LogP contribution in [0, 0.1) is 0 Å². The van der Waals surface area contributed by atoms with Crippen molar-refractivity contribution in [3.05, 3.63) is 29.8 Å². The normalized spacial score (nSPS) is 10.9. The molecule has 0 bridgehead atoms. The third-order valence-electron chi connectivity index (χ3n) is 3.04. The van der Waals surface area contributed by atoms with E-state index in [0.29, 0.717) is 18.7 Å². The summed E-state index contributed by atoms with van der Waals surface area (Å²) in [6.07, 6.45) is 0.775. The van der Waals surface area contributed by atoms with Gasteiger partial charge in [-0.3, -0.25) is 10.2 Å². The number of hydrazone groups is 1. The Morgan fingerprint density at radius 3 is 2.48 bits per heavy atom. The van der Waals surface area contributed by atoms with Gasteiger partial charge in [-0.1, -0.05) is 6.07 Å². The molecule has 0 saturated carbocycles. The van der Waals surface area contributed by atoms with Gasteiger partial charge in [0.15, 0.2) is 0 Å². The summed E-state index contributed by atoms with van der Waals surface area (Å²) in [5.74, 6) is -1.99. The number of carboxylic acid groups (broad SMARTS) is 1. The highest BCUT2D eigenvalue weighted by molar-refractivity contribution is 6.36. The Kier molecular flexibility index (Phi) is 8.70. The Morgan fingerprint density at radius 1 is 1.12 bits per heavy atom. The smallest absolute Gasteiger partial charge is 0.354 e. The minimum absolute atomic E-state index is 0.0974. The number of benzene rings is 1. The minimum Gasteiger partial charge on any atom is -0.478 e. The van der Waals surface area contributed by atoms with Gasteiger partial charge in [-0.25, -0.2) is 9.59 Å². The first-order chi connectivity index (χ1) is 12.0. The molecule has 0 spiro atoms. The van der Waals surface area contributed by atoms with E-state index in [4.69, 9.17) is 14.6 Å². The maximum absolute atomic E-state index is 11.9. The summed E-state index contributed by atoms with van der Waals surface area (Å²) in [5.41, 5.74) is 3.29. The first-order valence-electron chi connectivity index (χ1n) is 7.96. The number of hydrogen-bond donors (Lipinski definition) is 2. The summed E-state index contributed by atoms with van der Waals surface area (Å²) in [6, 6.07) is 6.03. The third kappa shape index (κ3) is 7.47. The topological polar surface area (TPSA) is 114 Å². The van der Waals surface area contributed by atoms with Crippen LogP contribution in [0.5, 0.6) is 0 Å². The molecule has 0 radical (unpaired) electrons. The molecule has 1 aromatic carbocycles. The summed E-state index contributed by atoms with van der Waals surface area (Å²) in [5, 5.41) is 13.0. The molecule has 1 rings (SSSR count). The van der Waals surface area contributed by atoms with E-state index >= 15 is 0 Å². The van der Waals surface area contributed by atoms with Crippen LogP contribution in [0.15, 0.2) is 29.4 Å². The van der Waals surface area contributed by atoms with Crippen LogP contribution in [-0.2, 0) is 19.1 Å². The number of anilines is 1. The van der Waals surface area contributed by atoms with Crippen molar-refractivity contribution >= 4 is 29.3 Å². The van der Waals surface area contributed by atoms with Crippen LogP contribution < -0.4 is 5.43 Å². The highest BCUT2D eigenvalue weighted by Gasteiger charge is 2.14. The van der Waals surface area contributed by atoms with Crippen molar-refractivity contribution in [3.8, 4) is 0 Å². The molecule has 0 amide bonds. The van der Waals surface area contributed by atoms with Crippen molar-refractivity contribution < 1.29 is 29.0 Å². The number of ether oxygens (including phenoxy) is 2. The molecular weight excluding hydrogens is 328 g/mol. The summed E-state index contributed by atoms with van der Waals surface area (Å²) in [4.78, 5) is 34.3. The molecule has 0 saturated heterocycles. The van der Waals surface area contributed by atoms with Crippen molar-refractivity contribution in [2.45, 2.75) is 33.1 Å². The molecule has 0 aliphatic rings. The molecule has 0 unspecified atom stereocenters. The molecular formula is C17H22N2O6. The SMILES string of the molecule is CCOC(=O)CCC/C(=N\Nc1cccc(C(=O)O)c1)C(=O)OCC. The molecule has 0 aromatic heterocycles. The summed E-state index contributed by atoms with van der Waals surface area (Å²) in [6.45, 7) is 3.90. The largest absolute Gasteiger partial charge is 0.478 e. The van der Waals surface area contributed by atoms with E-state index in [1.54, 1.807) is 26.0 Å². The Bertz CT molecular complexity index is 642. The lowest BCUT2D eigenvalue weighted by atomic mass is 10.1. The van der Waals surface area contributed by atoms with Crippen LogP contribution in [0.2, 0.25) is 0 Å². The van der Waals surface area contributed by atoms with Crippen molar-refractivity contribution in [2.75, 3.05) is 18.6 Å². The first kappa shape index (κ1) is 20.1. The molecule has 25 heavy (non-hydrogen) atoms. The average Bonchev–Trinajstić information content (AvgIpc) is 2.58. The van der Waals surface area contributed by atoms with Gasteiger partial charge in [0.1, 0.15) is 5.71 Å². The van der Waals surface area contributed by atoms with Gasteiger partial charge in [0.2, 0.25) is 0 Å². The van der Waals surface area contributed by atoms with E-state index < -0.39 is 11.9 Å². The Hall–Kier alpha value is -2.90. The van der Waals surface area contributed by atoms with Crippen LogP contribution in [0.25, 0.3) is 0 Å². The van der Waals surface area contributed by atoms with Gasteiger partial charge in [0.05, 0.1) is 24.5 Å². The molecule has 8 nitrogen and oxygen atoms in total. The Morgan fingerprint density at radius 2 is 1.84 bits per heavy atom. The average molecular weight is 350 g/mol. The molecule has 0 atom stereocenters. The Labute approximate surface area is 145 Å². The predicted octanol–water partition coefficient (Wildman–Crippen LogP) is 2.45. The number of esters is 2. The third-order valence-corrected chi connectivity index (χ3v) is 3.04. The lowest BCUT2D eigenvalue weighted by Gasteiger charge is -2.08. The number of carbonyl (C=O) groups excluding carboxylic acids is 2. The zero-order valence-electron chi connectivity index (χ0n) is 14.3. The molecule has 0 fully saturated rings.